The molecule has 3 nitrogen and oxygen atoms in total. The molecule has 0 atom stereocenters. The molecule has 2 saturated heterocycles. The van der Waals surface area contributed by atoms with E-state index < -0.39 is 0 Å². The third kappa shape index (κ3) is 4.53. The van der Waals surface area contributed by atoms with Crippen LogP contribution in [0.15, 0.2) is 48.5 Å². The number of rotatable bonds is 4. The van der Waals surface area contributed by atoms with Crippen LogP contribution in [0.1, 0.15) is 31.6 Å². The Bertz CT molecular complexity index is 779. The summed E-state index contributed by atoms with van der Waals surface area (Å²) in [4.78, 5) is 16.4. The van der Waals surface area contributed by atoms with Gasteiger partial charge in [-0.15, -0.1) is 23.5 Å². The number of benzene rings is 2. The number of piperazine rings is 1. The molecule has 0 aromatic heterocycles. The van der Waals surface area contributed by atoms with Crippen molar-refractivity contribution in [3.05, 3.63) is 70.8 Å². The molecule has 5 heteroatoms. The summed E-state index contributed by atoms with van der Waals surface area (Å²) in [5.41, 5.74) is 4.95. The fourth-order valence-corrected chi connectivity index (χ4v) is 6.66. The number of nitrogens with zero attached hydrogens (tertiary/aromatic N) is 1. The van der Waals surface area contributed by atoms with Crippen molar-refractivity contribution in [1.29, 1.82) is 0 Å². The van der Waals surface area contributed by atoms with Crippen molar-refractivity contribution in [2.75, 3.05) is 37.7 Å². The highest BCUT2D eigenvalue weighted by Crippen LogP contribution is 2.45. The third-order valence-corrected chi connectivity index (χ3v) is 8.62. The maximum atomic E-state index is 12.9. The van der Waals surface area contributed by atoms with E-state index in [1.54, 1.807) is 4.90 Å². The Morgan fingerprint density at radius 2 is 1.70 bits per heavy atom. The Kier molecular flexibility index (Phi) is 6.11. The zero-order valence-corrected chi connectivity index (χ0v) is 17.5. The Morgan fingerprint density at radius 1 is 1.04 bits per heavy atom. The van der Waals surface area contributed by atoms with Crippen LogP contribution in [-0.2, 0) is 6.54 Å². The van der Waals surface area contributed by atoms with Crippen molar-refractivity contribution in [1.82, 2.24) is 4.90 Å². The predicted molar refractivity (Wildman–Crippen MR) is 116 cm³/mol. The summed E-state index contributed by atoms with van der Waals surface area (Å²) in [6, 6.07) is 16.9. The highest BCUT2D eigenvalue weighted by Gasteiger charge is 2.25. The summed E-state index contributed by atoms with van der Waals surface area (Å²) in [5.74, 6) is 2.64. The van der Waals surface area contributed by atoms with Crippen molar-refractivity contribution >= 4 is 29.4 Å². The number of nitrogens with one attached hydrogen (secondary N) is 1. The second-order valence-corrected chi connectivity index (χ2v) is 10.1. The quantitative estimate of drug-likeness (QED) is 0.855. The van der Waals surface area contributed by atoms with E-state index in [-0.39, 0.29) is 5.91 Å². The zero-order valence-electron chi connectivity index (χ0n) is 15.8. The van der Waals surface area contributed by atoms with Gasteiger partial charge in [-0.3, -0.25) is 4.79 Å². The van der Waals surface area contributed by atoms with Gasteiger partial charge in [0.2, 0.25) is 0 Å². The fourth-order valence-electron chi connectivity index (χ4n) is 3.80. The Balaban J connectivity index is 1.32. The second-order valence-electron chi connectivity index (χ2n) is 7.34. The van der Waals surface area contributed by atoms with Crippen LogP contribution >= 0.6 is 23.5 Å². The molecule has 0 aliphatic carbocycles. The Labute approximate surface area is 170 Å². The van der Waals surface area contributed by atoms with Gasteiger partial charge in [-0.25, -0.2) is 0 Å². The molecule has 0 bridgehead atoms. The standard InChI is InChI=1S/C22H26N2OS2/c1-17-4-2-3-5-20(17)16-23-10-12-24(13-11-23)21(25)18-6-8-19(9-7-18)22-26-14-15-27-22/h2-9,22H,10-16H2,1H3/p+1. The second kappa shape index (κ2) is 8.72. The van der Waals surface area contributed by atoms with Crippen molar-refractivity contribution in [3.8, 4) is 0 Å². The molecule has 1 amide bonds. The smallest absolute Gasteiger partial charge is 0.254 e. The average molecular weight is 400 g/mol. The number of hydrogen-bond donors (Lipinski definition) is 1. The highest BCUT2D eigenvalue weighted by molar-refractivity contribution is 8.19. The molecule has 2 aromatic carbocycles. The minimum atomic E-state index is 0.184. The van der Waals surface area contributed by atoms with Crippen molar-refractivity contribution in [3.63, 3.8) is 0 Å². The van der Waals surface area contributed by atoms with E-state index in [1.165, 1.54) is 28.2 Å². The number of amides is 1. The maximum Gasteiger partial charge on any atom is 0.254 e. The summed E-state index contributed by atoms with van der Waals surface area (Å²) in [6.45, 7) is 6.97. The highest BCUT2D eigenvalue weighted by atomic mass is 32.2. The first-order chi connectivity index (χ1) is 13.2. The molecule has 142 valence electrons. The molecular formula is C22H27N2OS2+. The molecule has 2 aliphatic rings. The van der Waals surface area contributed by atoms with Crippen LogP contribution in [0.4, 0.5) is 0 Å². The number of aryl methyl sites for hydroxylation is 1. The van der Waals surface area contributed by atoms with E-state index in [9.17, 15) is 4.79 Å². The average Bonchev–Trinajstić information content (AvgIpc) is 3.25. The van der Waals surface area contributed by atoms with Crippen LogP contribution in [0, 0.1) is 6.92 Å². The summed E-state index contributed by atoms with van der Waals surface area (Å²) < 4.78 is 0.544. The monoisotopic (exact) mass is 399 g/mol. The minimum Gasteiger partial charge on any atom is -0.328 e. The van der Waals surface area contributed by atoms with Gasteiger partial charge >= 0.3 is 0 Å². The molecule has 2 aliphatic heterocycles. The molecule has 2 fully saturated rings. The third-order valence-electron chi connectivity index (χ3n) is 5.51. The van der Waals surface area contributed by atoms with E-state index in [0.717, 1.165) is 38.3 Å². The van der Waals surface area contributed by atoms with Crippen LogP contribution in [0.5, 0.6) is 0 Å². The molecule has 1 N–H and O–H groups in total. The molecule has 2 aromatic rings. The molecule has 27 heavy (non-hydrogen) atoms. The topological polar surface area (TPSA) is 24.8 Å². The Morgan fingerprint density at radius 3 is 2.37 bits per heavy atom. The van der Waals surface area contributed by atoms with E-state index in [0.29, 0.717) is 4.58 Å². The van der Waals surface area contributed by atoms with Gasteiger partial charge in [0, 0.05) is 22.6 Å². The van der Waals surface area contributed by atoms with Gasteiger partial charge in [0.1, 0.15) is 6.54 Å². The summed E-state index contributed by atoms with van der Waals surface area (Å²) in [6.07, 6.45) is 0. The number of hydrogen-bond acceptors (Lipinski definition) is 3. The van der Waals surface area contributed by atoms with Crippen molar-refractivity contribution in [2.45, 2.75) is 18.1 Å². The van der Waals surface area contributed by atoms with Gasteiger partial charge in [-0.2, -0.15) is 0 Å². The van der Waals surface area contributed by atoms with Crippen LogP contribution in [0.3, 0.4) is 0 Å². The summed E-state index contributed by atoms with van der Waals surface area (Å²) >= 11 is 4.01. The summed E-state index contributed by atoms with van der Waals surface area (Å²) in [7, 11) is 0. The van der Waals surface area contributed by atoms with Gasteiger partial charge < -0.3 is 9.80 Å². The van der Waals surface area contributed by atoms with Crippen LogP contribution < -0.4 is 4.90 Å². The fraction of sp³-hybridized carbons (Fsp3) is 0.409. The first-order valence-electron chi connectivity index (χ1n) is 9.71. The number of quaternary nitrogens is 1. The van der Waals surface area contributed by atoms with Gasteiger partial charge in [0.25, 0.3) is 5.91 Å². The minimum absolute atomic E-state index is 0.184. The van der Waals surface area contributed by atoms with Gasteiger partial charge in [-0.1, -0.05) is 36.4 Å². The van der Waals surface area contributed by atoms with E-state index in [4.69, 9.17) is 0 Å². The number of carbonyl (C=O) groups excluding carboxylic acids is 1. The van der Waals surface area contributed by atoms with Gasteiger partial charge in [0.05, 0.1) is 30.8 Å². The lowest BCUT2D eigenvalue weighted by Crippen LogP contribution is -3.13. The van der Waals surface area contributed by atoms with Crippen LogP contribution in [0.2, 0.25) is 0 Å². The lowest BCUT2D eigenvalue weighted by molar-refractivity contribution is -0.917. The lowest BCUT2D eigenvalue weighted by atomic mass is 10.1. The lowest BCUT2D eigenvalue weighted by Gasteiger charge is -2.32. The predicted octanol–water partition coefficient (Wildman–Crippen LogP) is 3.01. The SMILES string of the molecule is Cc1ccccc1C[NH+]1CCN(C(=O)c2ccc(C3SCCS3)cc2)CC1. The van der Waals surface area contributed by atoms with Crippen LogP contribution in [0.25, 0.3) is 0 Å². The van der Waals surface area contributed by atoms with E-state index >= 15 is 0 Å². The molecule has 0 saturated carbocycles. The first kappa shape index (κ1) is 18.9. The summed E-state index contributed by atoms with van der Waals surface area (Å²) in [5, 5.41) is 0. The first-order valence-corrected chi connectivity index (χ1v) is 11.8. The molecular weight excluding hydrogens is 372 g/mol. The van der Waals surface area contributed by atoms with Crippen molar-refractivity contribution in [2.24, 2.45) is 0 Å². The van der Waals surface area contributed by atoms with Crippen molar-refractivity contribution < 1.29 is 9.69 Å². The van der Waals surface area contributed by atoms with Gasteiger partial charge in [-0.05, 0) is 30.2 Å². The van der Waals surface area contributed by atoms with E-state index in [2.05, 4.69) is 43.3 Å². The number of thioether (sulfide) groups is 2. The largest absolute Gasteiger partial charge is 0.328 e. The normalized spacial score (nSPS) is 18.8. The van der Waals surface area contributed by atoms with E-state index in [1.807, 2.05) is 40.6 Å². The van der Waals surface area contributed by atoms with Crippen LogP contribution in [-0.4, -0.2) is 48.5 Å². The van der Waals surface area contributed by atoms with Gasteiger partial charge in [0.15, 0.2) is 0 Å². The molecule has 0 unspecified atom stereocenters. The molecule has 0 radical (unpaired) electrons. The maximum absolute atomic E-state index is 12.9. The molecule has 0 spiro atoms. The zero-order chi connectivity index (χ0) is 18.6. The molecule has 4 rings (SSSR count). The number of carbonyl (C=O) groups is 1. The Hall–Kier alpha value is -1.43. The molecule has 2 heterocycles.